The summed E-state index contributed by atoms with van der Waals surface area (Å²) in [4.78, 5) is 0. The predicted molar refractivity (Wildman–Crippen MR) is 49.9 cm³/mol. The molecule has 0 spiro atoms. The summed E-state index contributed by atoms with van der Waals surface area (Å²) in [6.45, 7) is 11.3. The maximum Gasteiger partial charge on any atom is -0.269 e. The van der Waals surface area contributed by atoms with Gasteiger partial charge < -0.3 is 0 Å². The zero-order valence-corrected chi connectivity index (χ0v) is 11.0. The van der Waals surface area contributed by atoms with Crippen LogP contribution < -0.4 is 0 Å². The quantitative estimate of drug-likeness (QED) is 0.615. The van der Waals surface area contributed by atoms with Crippen LogP contribution in [0.2, 0.25) is 0 Å². The Kier molecular flexibility index (Phi) is 5.32. The first kappa shape index (κ1) is 15.5. The normalized spacial score (nSPS) is 19.9. The van der Waals surface area contributed by atoms with Gasteiger partial charge in [-0.15, -0.1) is 0 Å². The molecule has 0 aromatic heterocycles. The average molecular weight is 367 g/mol. The Balaban J connectivity index is 0. The van der Waals surface area contributed by atoms with E-state index in [4.69, 9.17) is 0 Å². The summed E-state index contributed by atoms with van der Waals surface area (Å²) in [5.41, 5.74) is 4.83. The first-order chi connectivity index (χ1) is 4.89. The maximum absolute atomic E-state index is 2.30. The van der Waals surface area contributed by atoms with Crippen molar-refractivity contribution in [3.8, 4) is 0 Å². The molecule has 13 heavy (non-hydrogen) atoms. The summed E-state index contributed by atoms with van der Waals surface area (Å²) in [7, 11) is 0. The standard InChI is InChI=1S/C10H15.2FH.Ir/c1-7-6-10(4,5)9(3)8(7)2;;;/h1-5H3;2*1H;. The SMILES string of the molecule is CC1=C(C)C(C)(C)[C]([Ir])=C1C.F.F. The molecule has 1 aliphatic carbocycles. The second-order valence-electron chi connectivity index (χ2n) is 3.79. The van der Waals surface area contributed by atoms with Gasteiger partial charge >= 0.3 is 79.7 Å². The number of hydrogen-bond acceptors (Lipinski definition) is 0. The fourth-order valence-electron chi connectivity index (χ4n) is 1.53. The monoisotopic (exact) mass is 368 g/mol. The molecule has 0 nitrogen and oxygen atoms in total. The first-order valence-electron chi connectivity index (χ1n) is 3.92. The van der Waals surface area contributed by atoms with E-state index in [1.165, 1.54) is 20.8 Å². The third-order valence-electron chi connectivity index (χ3n) is 2.90. The summed E-state index contributed by atoms with van der Waals surface area (Å²) >= 11 is 2.25. The molecule has 0 radical (unpaired) electrons. The minimum atomic E-state index is 0. The van der Waals surface area contributed by atoms with Crippen LogP contribution in [-0.4, -0.2) is 0 Å². The van der Waals surface area contributed by atoms with Crippen molar-refractivity contribution in [1.29, 1.82) is 0 Å². The molecule has 0 aromatic carbocycles. The molecule has 3 heteroatoms. The van der Waals surface area contributed by atoms with Crippen LogP contribution in [0, 0.1) is 5.41 Å². The van der Waals surface area contributed by atoms with Gasteiger partial charge in [-0.25, -0.2) is 0 Å². The molecule has 0 N–H and O–H groups in total. The van der Waals surface area contributed by atoms with Gasteiger partial charge in [0.15, 0.2) is 0 Å². The Morgan fingerprint density at radius 2 is 1.31 bits per heavy atom. The van der Waals surface area contributed by atoms with E-state index in [0.29, 0.717) is 5.41 Å². The van der Waals surface area contributed by atoms with Gasteiger partial charge in [-0.2, -0.15) is 0 Å². The number of allylic oxidation sites excluding steroid dienone is 4. The fourth-order valence-corrected chi connectivity index (χ4v) is 2.43. The average Bonchev–Trinajstić information content (AvgIpc) is 2.06. The van der Waals surface area contributed by atoms with Gasteiger partial charge in [0.05, 0.1) is 0 Å². The second kappa shape index (κ2) is 4.47. The van der Waals surface area contributed by atoms with Gasteiger partial charge in [-0.3, -0.25) is 9.41 Å². The molecule has 0 saturated carbocycles. The van der Waals surface area contributed by atoms with Crippen molar-refractivity contribution in [2.24, 2.45) is 5.41 Å². The summed E-state index contributed by atoms with van der Waals surface area (Å²) in [6, 6.07) is 0. The van der Waals surface area contributed by atoms with Crippen LogP contribution in [0.3, 0.4) is 0 Å². The van der Waals surface area contributed by atoms with Gasteiger partial charge in [-0.1, -0.05) is 0 Å². The smallest absolute Gasteiger partial charge is 0.269 e. The second-order valence-corrected chi connectivity index (χ2v) is 4.99. The van der Waals surface area contributed by atoms with Crippen LogP contribution in [0.5, 0.6) is 0 Å². The van der Waals surface area contributed by atoms with Crippen molar-refractivity contribution in [2.75, 3.05) is 0 Å². The van der Waals surface area contributed by atoms with E-state index < -0.39 is 0 Å². The Labute approximate surface area is 89.4 Å². The summed E-state index contributed by atoms with van der Waals surface area (Å²) in [6.07, 6.45) is 0. The molecule has 1 aliphatic rings. The van der Waals surface area contributed by atoms with E-state index in [-0.39, 0.29) is 9.41 Å². The van der Waals surface area contributed by atoms with Crippen molar-refractivity contribution in [1.82, 2.24) is 0 Å². The van der Waals surface area contributed by atoms with Crippen LogP contribution in [-0.2, 0) is 18.9 Å². The van der Waals surface area contributed by atoms with Crippen molar-refractivity contribution in [2.45, 2.75) is 34.6 Å². The number of hydrogen-bond donors (Lipinski definition) is 0. The Morgan fingerprint density at radius 1 is 0.923 bits per heavy atom. The molecule has 0 saturated heterocycles. The zero-order chi connectivity index (χ0) is 8.81. The van der Waals surface area contributed by atoms with Crippen LogP contribution >= 0.6 is 0 Å². The van der Waals surface area contributed by atoms with Gasteiger partial charge in [0.1, 0.15) is 0 Å². The van der Waals surface area contributed by atoms with Crippen LogP contribution in [0.25, 0.3) is 0 Å². The van der Waals surface area contributed by atoms with Gasteiger partial charge in [-0.05, 0) is 0 Å². The summed E-state index contributed by atoms with van der Waals surface area (Å²) in [5, 5.41) is 0. The Morgan fingerprint density at radius 3 is 1.38 bits per heavy atom. The van der Waals surface area contributed by atoms with Crippen LogP contribution in [0.15, 0.2) is 20.8 Å². The van der Waals surface area contributed by atoms with E-state index in [1.807, 2.05) is 0 Å². The molecule has 0 atom stereocenters. The third kappa shape index (κ3) is 2.08. The molecule has 0 fully saturated rings. The van der Waals surface area contributed by atoms with E-state index in [2.05, 4.69) is 53.5 Å². The largest absolute Gasteiger partial charge is 0.269 e. The van der Waals surface area contributed by atoms with Crippen molar-refractivity contribution >= 4 is 0 Å². The zero-order valence-electron chi connectivity index (χ0n) is 8.65. The van der Waals surface area contributed by atoms with E-state index in [9.17, 15) is 0 Å². The number of rotatable bonds is 0. The molecule has 0 heterocycles. The molecule has 0 aliphatic heterocycles. The first-order valence-corrected chi connectivity index (χ1v) is 5.11. The van der Waals surface area contributed by atoms with Crippen LogP contribution in [0.4, 0.5) is 9.41 Å². The summed E-state index contributed by atoms with van der Waals surface area (Å²) in [5.74, 6) is 0. The molecule has 0 unspecified atom stereocenters. The Hall–Kier alpha value is -0.0106. The predicted octanol–water partition coefficient (Wildman–Crippen LogP) is 3.49. The topological polar surface area (TPSA) is 0 Å². The maximum atomic E-state index is 2.30. The molecule has 0 amide bonds. The fraction of sp³-hybridized carbons (Fsp3) is 0.600. The minimum Gasteiger partial charge on any atom is -0.269 e. The Bertz CT molecular complexity index is 236. The number of halogens is 2. The molecule has 80 valence electrons. The van der Waals surface area contributed by atoms with Crippen LogP contribution in [0.1, 0.15) is 34.6 Å². The van der Waals surface area contributed by atoms with Gasteiger partial charge in [0, 0.05) is 0 Å². The molecular formula is C10H17F2Ir. The van der Waals surface area contributed by atoms with E-state index >= 15 is 0 Å². The molecular weight excluding hydrogens is 350 g/mol. The molecule has 1 rings (SSSR count). The van der Waals surface area contributed by atoms with Crippen molar-refractivity contribution in [3.63, 3.8) is 0 Å². The van der Waals surface area contributed by atoms with E-state index in [1.54, 1.807) is 0 Å². The van der Waals surface area contributed by atoms with Crippen molar-refractivity contribution < 1.29 is 28.3 Å². The van der Waals surface area contributed by atoms with Gasteiger partial charge in [0.25, 0.3) is 0 Å². The third-order valence-corrected chi connectivity index (χ3v) is 5.29. The van der Waals surface area contributed by atoms with Crippen molar-refractivity contribution in [3.05, 3.63) is 20.8 Å². The summed E-state index contributed by atoms with van der Waals surface area (Å²) < 4.78 is 1.53. The van der Waals surface area contributed by atoms with Gasteiger partial charge in [0.2, 0.25) is 0 Å². The van der Waals surface area contributed by atoms with E-state index in [0.717, 1.165) is 0 Å². The minimum absolute atomic E-state index is 0. The molecule has 0 aromatic rings. The molecule has 0 bridgehead atoms.